The summed E-state index contributed by atoms with van der Waals surface area (Å²) in [7, 11) is 0. The zero-order valence-corrected chi connectivity index (χ0v) is 12.5. The second kappa shape index (κ2) is 6.60. The molecule has 1 aromatic rings. The highest BCUT2D eigenvalue weighted by Crippen LogP contribution is 2.25. The number of hydrogen-bond acceptors (Lipinski definition) is 2. The maximum Gasteiger partial charge on any atom is 0.252 e. The Morgan fingerprint density at radius 1 is 1.47 bits per heavy atom. The highest BCUT2D eigenvalue weighted by molar-refractivity contribution is 6.43. The lowest BCUT2D eigenvalue weighted by Gasteiger charge is -2.23. The summed E-state index contributed by atoms with van der Waals surface area (Å²) in [6, 6.07) is 5.54. The molecule has 104 valence electrons. The largest absolute Gasteiger partial charge is 0.350 e. The van der Waals surface area contributed by atoms with Gasteiger partial charge in [0, 0.05) is 12.6 Å². The normalized spacial score (nSPS) is 19.6. The third kappa shape index (κ3) is 3.41. The topological polar surface area (TPSA) is 32.3 Å². The molecule has 1 aliphatic rings. The molecule has 1 saturated heterocycles. The Balaban J connectivity index is 1.96. The molecule has 0 aliphatic carbocycles. The molecule has 1 amide bonds. The Labute approximate surface area is 123 Å². The van der Waals surface area contributed by atoms with Crippen molar-refractivity contribution >= 4 is 29.1 Å². The number of carbonyl (C=O) groups excluding carboxylic acids is 1. The molecule has 1 heterocycles. The number of halogens is 2. The maximum atomic E-state index is 12.1. The summed E-state index contributed by atoms with van der Waals surface area (Å²) in [4.78, 5) is 14.5. The Hall–Kier alpha value is -0.770. The van der Waals surface area contributed by atoms with Crippen molar-refractivity contribution in [2.45, 2.75) is 25.8 Å². The molecule has 1 unspecified atom stereocenters. The van der Waals surface area contributed by atoms with Crippen LogP contribution >= 0.6 is 23.2 Å². The summed E-state index contributed by atoms with van der Waals surface area (Å²) >= 11 is 11.9. The van der Waals surface area contributed by atoms with Crippen molar-refractivity contribution in [1.29, 1.82) is 0 Å². The minimum Gasteiger partial charge on any atom is -0.350 e. The van der Waals surface area contributed by atoms with Crippen LogP contribution in [0.1, 0.15) is 30.1 Å². The molecule has 3 nitrogen and oxygen atoms in total. The van der Waals surface area contributed by atoms with Gasteiger partial charge in [-0.15, -0.1) is 0 Å². The van der Waals surface area contributed by atoms with E-state index in [1.165, 1.54) is 6.42 Å². The molecule has 1 aromatic carbocycles. The number of nitrogens with zero attached hydrogens (tertiary/aromatic N) is 1. The number of amides is 1. The van der Waals surface area contributed by atoms with E-state index >= 15 is 0 Å². The third-order valence-corrected chi connectivity index (χ3v) is 4.42. The van der Waals surface area contributed by atoms with Crippen molar-refractivity contribution in [2.75, 3.05) is 19.6 Å². The van der Waals surface area contributed by atoms with E-state index in [0.717, 1.165) is 19.5 Å². The number of likely N-dealkylation sites (N-methyl/N-ethyl adjacent to an activating group) is 1. The molecule has 0 spiro atoms. The zero-order chi connectivity index (χ0) is 13.8. The van der Waals surface area contributed by atoms with Crippen LogP contribution in [0.25, 0.3) is 0 Å². The first-order valence-electron chi connectivity index (χ1n) is 6.59. The van der Waals surface area contributed by atoms with Crippen LogP contribution in [0.5, 0.6) is 0 Å². The molecule has 0 saturated carbocycles. The van der Waals surface area contributed by atoms with Gasteiger partial charge in [0.05, 0.1) is 15.6 Å². The monoisotopic (exact) mass is 300 g/mol. The van der Waals surface area contributed by atoms with Gasteiger partial charge >= 0.3 is 0 Å². The fourth-order valence-electron chi connectivity index (χ4n) is 2.53. The van der Waals surface area contributed by atoms with Crippen molar-refractivity contribution in [1.82, 2.24) is 10.2 Å². The number of benzene rings is 1. The number of likely N-dealkylation sites (tertiary alicyclic amines) is 1. The predicted octanol–water partition coefficient (Wildman–Crippen LogP) is 3.21. The van der Waals surface area contributed by atoms with Crippen LogP contribution in [-0.2, 0) is 0 Å². The fraction of sp³-hybridized carbons (Fsp3) is 0.500. The van der Waals surface area contributed by atoms with E-state index in [4.69, 9.17) is 23.2 Å². The number of carbonyl (C=O) groups is 1. The standard InChI is InChI=1S/C14H18Cl2N2O/c1-2-18-8-4-5-10(18)9-17-14(19)11-6-3-7-12(15)13(11)16/h3,6-7,10H,2,4-5,8-9H2,1H3,(H,17,19). The average molecular weight is 301 g/mol. The highest BCUT2D eigenvalue weighted by Gasteiger charge is 2.23. The van der Waals surface area contributed by atoms with Gasteiger partial charge in [-0.3, -0.25) is 9.69 Å². The van der Waals surface area contributed by atoms with Gasteiger partial charge in [-0.2, -0.15) is 0 Å². The quantitative estimate of drug-likeness (QED) is 0.926. The minimum absolute atomic E-state index is 0.157. The summed E-state index contributed by atoms with van der Waals surface area (Å²) < 4.78 is 0. The molecule has 1 N–H and O–H groups in total. The number of rotatable bonds is 4. The van der Waals surface area contributed by atoms with E-state index in [0.29, 0.717) is 28.2 Å². The maximum absolute atomic E-state index is 12.1. The van der Waals surface area contributed by atoms with E-state index in [1.54, 1.807) is 18.2 Å². The fourth-order valence-corrected chi connectivity index (χ4v) is 2.91. The molecule has 19 heavy (non-hydrogen) atoms. The lowest BCUT2D eigenvalue weighted by atomic mass is 10.2. The van der Waals surface area contributed by atoms with E-state index in [-0.39, 0.29) is 5.91 Å². The van der Waals surface area contributed by atoms with Crippen LogP contribution in [-0.4, -0.2) is 36.5 Å². The van der Waals surface area contributed by atoms with E-state index < -0.39 is 0 Å². The van der Waals surface area contributed by atoms with Crippen LogP contribution in [0.2, 0.25) is 10.0 Å². The smallest absolute Gasteiger partial charge is 0.252 e. The van der Waals surface area contributed by atoms with Crippen LogP contribution < -0.4 is 5.32 Å². The summed E-state index contributed by atoms with van der Waals surface area (Å²) in [5.41, 5.74) is 0.440. The summed E-state index contributed by atoms with van der Waals surface area (Å²) in [6.07, 6.45) is 2.34. The molecule has 2 rings (SSSR count). The molecular weight excluding hydrogens is 283 g/mol. The Bertz CT molecular complexity index is 465. The first kappa shape index (κ1) is 14.6. The molecule has 5 heteroatoms. The van der Waals surface area contributed by atoms with Gasteiger partial charge in [0.15, 0.2) is 0 Å². The summed E-state index contributed by atoms with van der Waals surface area (Å²) in [5.74, 6) is -0.157. The molecule has 0 bridgehead atoms. The zero-order valence-electron chi connectivity index (χ0n) is 11.0. The van der Waals surface area contributed by atoms with Crippen LogP contribution in [0, 0.1) is 0 Å². The molecular formula is C14H18Cl2N2O. The Kier molecular flexibility index (Phi) is 5.08. The van der Waals surface area contributed by atoms with Crippen LogP contribution in [0.4, 0.5) is 0 Å². The summed E-state index contributed by atoms with van der Waals surface area (Å²) in [6.45, 7) is 4.96. The van der Waals surface area contributed by atoms with Crippen molar-refractivity contribution in [2.24, 2.45) is 0 Å². The molecule has 1 atom stereocenters. The van der Waals surface area contributed by atoms with Crippen LogP contribution in [0.15, 0.2) is 18.2 Å². The first-order valence-corrected chi connectivity index (χ1v) is 7.35. The van der Waals surface area contributed by atoms with Gasteiger partial charge < -0.3 is 5.32 Å². The van der Waals surface area contributed by atoms with E-state index in [1.807, 2.05) is 0 Å². The highest BCUT2D eigenvalue weighted by atomic mass is 35.5. The Morgan fingerprint density at radius 2 is 2.26 bits per heavy atom. The van der Waals surface area contributed by atoms with Gasteiger partial charge in [-0.1, -0.05) is 36.2 Å². The lowest BCUT2D eigenvalue weighted by molar-refractivity contribution is 0.0941. The van der Waals surface area contributed by atoms with Gasteiger partial charge in [-0.25, -0.2) is 0 Å². The molecule has 0 aromatic heterocycles. The Morgan fingerprint density at radius 3 is 3.00 bits per heavy atom. The molecule has 0 radical (unpaired) electrons. The third-order valence-electron chi connectivity index (χ3n) is 3.60. The molecule has 1 aliphatic heterocycles. The van der Waals surface area contributed by atoms with E-state index in [9.17, 15) is 4.79 Å². The van der Waals surface area contributed by atoms with Gasteiger partial charge in [-0.05, 0) is 38.1 Å². The predicted molar refractivity (Wildman–Crippen MR) is 79.1 cm³/mol. The second-order valence-corrected chi connectivity index (χ2v) is 5.52. The van der Waals surface area contributed by atoms with Crippen molar-refractivity contribution in [3.8, 4) is 0 Å². The van der Waals surface area contributed by atoms with Crippen molar-refractivity contribution in [3.05, 3.63) is 33.8 Å². The van der Waals surface area contributed by atoms with Crippen LogP contribution in [0.3, 0.4) is 0 Å². The van der Waals surface area contributed by atoms with Gasteiger partial charge in [0.2, 0.25) is 0 Å². The minimum atomic E-state index is -0.157. The van der Waals surface area contributed by atoms with Crippen molar-refractivity contribution in [3.63, 3.8) is 0 Å². The number of hydrogen-bond donors (Lipinski definition) is 1. The summed E-state index contributed by atoms with van der Waals surface area (Å²) in [5, 5.41) is 3.68. The average Bonchev–Trinajstić information content (AvgIpc) is 2.86. The first-order chi connectivity index (χ1) is 9.13. The van der Waals surface area contributed by atoms with Gasteiger partial charge in [0.1, 0.15) is 0 Å². The molecule has 1 fully saturated rings. The van der Waals surface area contributed by atoms with Gasteiger partial charge in [0.25, 0.3) is 5.91 Å². The number of nitrogens with one attached hydrogen (secondary N) is 1. The SMILES string of the molecule is CCN1CCCC1CNC(=O)c1cccc(Cl)c1Cl. The second-order valence-electron chi connectivity index (χ2n) is 4.74. The lowest BCUT2D eigenvalue weighted by Crippen LogP contribution is -2.40. The van der Waals surface area contributed by atoms with Crippen molar-refractivity contribution < 1.29 is 4.79 Å². The van der Waals surface area contributed by atoms with E-state index in [2.05, 4.69) is 17.1 Å².